The fourth-order valence-electron chi connectivity index (χ4n) is 4.14. The fraction of sp³-hybridized carbons (Fsp3) is 0.345. The van der Waals surface area contributed by atoms with Gasteiger partial charge in [0.25, 0.3) is 0 Å². The summed E-state index contributed by atoms with van der Waals surface area (Å²) < 4.78 is 0. The van der Waals surface area contributed by atoms with Crippen LogP contribution in [0.15, 0.2) is 54.6 Å². The molecule has 172 valence electrons. The van der Waals surface area contributed by atoms with Gasteiger partial charge < -0.3 is 37.1 Å². The van der Waals surface area contributed by atoms with E-state index in [0.29, 0.717) is 11.3 Å². The summed E-state index contributed by atoms with van der Waals surface area (Å²) in [5.41, 5.74) is 5.28. The molecule has 3 aromatic rings. The Labute approximate surface area is 209 Å². The molecule has 0 heterocycles. The van der Waals surface area contributed by atoms with Crippen LogP contribution in [0.5, 0.6) is 0 Å². The van der Waals surface area contributed by atoms with Crippen molar-refractivity contribution in [3.8, 4) is 0 Å². The molecule has 1 aliphatic carbocycles. The fourth-order valence-corrected chi connectivity index (χ4v) is 4.14. The van der Waals surface area contributed by atoms with E-state index in [9.17, 15) is 0 Å². The predicted molar refractivity (Wildman–Crippen MR) is 138 cm³/mol. The molecule has 0 aromatic heterocycles. The summed E-state index contributed by atoms with van der Waals surface area (Å²) in [6.07, 6.45) is 5.18. The van der Waals surface area contributed by atoms with E-state index in [2.05, 4.69) is 52.0 Å². The number of hydrogen-bond acceptors (Lipinski definition) is 0. The summed E-state index contributed by atoms with van der Waals surface area (Å²) in [5.74, 6) is 0.624. The van der Waals surface area contributed by atoms with Crippen LogP contribution in [0, 0.1) is 42.5 Å². The van der Waals surface area contributed by atoms with E-state index < -0.39 is 0 Å². The Bertz CT molecular complexity index is 753. The van der Waals surface area contributed by atoms with Crippen LogP contribution in [0.25, 0.3) is 10.8 Å². The number of benzene rings is 1. The predicted octanol–water partition coefficient (Wildman–Crippen LogP) is 9.24. The molecule has 0 atom stereocenters. The zero-order valence-electron chi connectivity index (χ0n) is 21.1. The monoisotopic (exact) mass is 573 g/mol. The molecule has 3 aromatic carbocycles. The van der Waals surface area contributed by atoms with Crippen molar-refractivity contribution in [3.63, 3.8) is 0 Å². The molecule has 0 N–H and O–H groups in total. The normalized spacial score (nSPS) is 12.3. The van der Waals surface area contributed by atoms with Gasteiger partial charge in [-0.2, -0.15) is 24.3 Å². The van der Waals surface area contributed by atoms with Gasteiger partial charge in [-0.1, -0.05) is 44.7 Å². The minimum absolute atomic E-state index is 0. The first-order valence-corrected chi connectivity index (χ1v) is 9.46. The van der Waals surface area contributed by atoms with E-state index in [1.807, 2.05) is 30.3 Å². The summed E-state index contributed by atoms with van der Waals surface area (Å²) >= 11 is 0. The quantitative estimate of drug-likeness (QED) is 0.217. The Morgan fingerprint density at radius 3 is 1.80 bits per heavy atom. The van der Waals surface area contributed by atoms with Gasteiger partial charge in [0.05, 0.1) is 0 Å². The number of rotatable bonds is 3. The molecule has 0 fully saturated rings. The van der Waals surface area contributed by atoms with Crippen LogP contribution >= 0.6 is 0 Å². The standard InChI is InChI=1S/C19H25.C5H5.5CH3.Hf/c1-5-19(6-2)11-15-9-14-7-8-17(13(3)4)18(14)10-16(15)12-19;1-2-4-5-3-1;;;;;;/h7-10,13H,5-6,11-12H2,1-4H3;1-5H;5*1H3;/q7*-1;. The van der Waals surface area contributed by atoms with Gasteiger partial charge in [-0.25, -0.2) is 12.1 Å². The summed E-state index contributed by atoms with van der Waals surface area (Å²) in [6, 6.07) is 19.6. The van der Waals surface area contributed by atoms with E-state index in [1.165, 1.54) is 42.0 Å². The van der Waals surface area contributed by atoms with Gasteiger partial charge in [-0.3, -0.25) is 0 Å². The SMILES string of the molecule is CCC1(CC)Cc2cc3cc[c-](C(C)C)c3cc2C1.[CH3-].[CH3-].[CH3-].[CH3-].[CH3-].[Hf].c1cc[cH-]c1. The maximum Gasteiger partial charge on any atom is 0 e. The Kier molecular flexibility index (Phi) is 19.2. The van der Waals surface area contributed by atoms with E-state index in [1.54, 1.807) is 11.1 Å². The van der Waals surface area contributed by atoms with E-state index in [4.69, 9.17) is 0 Å². The van der Waals surface area contributed by atoms with Crippen LogP contribution in [0.2, 0.25) is 0 Å². The zero-order valence-corrected chi connectivity index (χ0v) is 24.7. The van der Waals surface area contributed by atoms with Crippen LogP contribution in [0.1, 0.15) is 63.1 Å². The van der Waals surface area contributed by atoms with Crippen molar-refractivity contribution in [3.05, 3.63) is 108 Å². The molecule has 30 heavy (non-hydrogen) atoms. The van der Waals surface area contributed by atoms with Gasteiger partial charge >= 0.3 is 0 Å². The van der Waals surface area contributed by atoms with E-state index in [0.717, 1.165) is 0 Å². The van der Waals surface area contributed by atoms with Gasteiger partial charge in [0, 0.05) is 25.8 Å². The molecule has 0 unspecified atom stereocenters. The minimum atomic E-state index is 0. The van der Waals surface area contributed by atoms with Crippen molar-refractivity contribution in [1.29, 1.82) is 0 Å². The molecule has 0 amide bonds. The first-order valence-electron chi connectivity index (χ1n) is 9.46. The second-order valence-corrected chi connectivity index (χ2v) is 7.67. The first-order chi connectivity index (χ1) is 11.6. The van der Waals surface area contributed by atoms with Gasteiger partial charge in [-0.05, 0) is 31.1 Å². The summed E-state index contributed by atoms with van der Waals surface area (Å²) in [7, 11) is 0. The van der Waals surface area contributed by atoms with Crippen molar-refractivity contribution >= 4 is 10.8 Å². The zero-order chi connectivity index (χ0) is 17.2. The average molecular weight is 572 g/mol. The maximum atomic E-state index is 2.49. The summed E-state index contributed by atoms with van der Waals surface area (Å²) in [5, 5.41) is 2.95. The van der Waals surface area contributed by atoms with Crippen molar-refractivity contribution in [2.24, 2.45) is 5.41 Å². The van der Waals surface area contributed by atoms with Gasteiger partial charge in [0.15, 0.2) is 0 Å². The van der Waals surface area contributed by atoms with E-state index >= 15 is 0 Å². The first kappa shape index (κ1) is 36.4. The van der Waals surface area contributed by atoms with Crippen LogP contribution in [0.3, 0.4) is 0 Å². The van der Waals surface area contributed by atoms with Gasteiger partial charge in [-0.15, -0.1) is 34.5 Å². The largest absolute Gasteiger partial charge is 0.358 e. The third kappa shape index (κ3) is 7.63. The van der Waals surface area contributed by atoms with Crippen molar-refractivity contribution in [2.45, 2.75) is 59.3 Å². The van der Waals surface area contributed by atoms with Crippen molar-refractivity contribution < 1.29 is 25.8 Å². The molecular weight excluding hydrogens is 527 g/mol. The molecule has 0 bridgehead atoms. The van der Waals surface area contributed by atoms with Crippen LogP contribution < -0.4 is 0 Å². The Hall–Kier alpha value is -0.950. The second-order valence-electron chi connectivity index (χ2n) is 7.67. The molecule has 0 radical (unpaired) electrons. The average Bonchev–Trinajstić information content (AvgIpc) is 3.31. The van der Waals surface area contributed by atoms with Crippen molar-refractivity contribution in [2.75, 3.05) is 0 Å². The molecule has 4 rings (SSSR count). The molecule has 0 aliphatic heterocycles. The molecule has 1 aliphatic rings. The molecule has 0 spiro atoms. The van der Waals surface area contributed by atoms with Crippen LogP contribution in [-0.4, -0.2) is 0 Å². The topological polar surface area (TPSA) is 0 Å². The van der Waals surface area contributed by atoms with Gasteiger partial charge in [0.2, 0.25) is 0 Å². The maximum absolute atomic E-state index is 2.49. The molecule has 0 nitrogen and oxygen atoms in total. The number of fused-ring (bicyclic) bond motifs is 2. The Morgan fingerprint density at radius 2 is 1.40 bits per heavy atom. The Balaban J connectivity index is -0.000000274. The Morgan fingerprint density at radius 1 is 0.900 bits per heavy atom. The molecule has 0 saturated carbocycles. The van der Waals surface area contributed by atoms with Crippen LogP contribution in [-0.2, 0) is 38.7 Å². The summed E-state index contributed by atoms with van der Waals surface area (Å²) in [6.45, 7) is 9.30. The minimum Gasteiger partial charge on any atom is -0.358 e. The number of hydrogen-bond donors (Lipinski definition) is 0. The third-order valence-electron chi connectivity index (χ3n) is 5.93. The molecule has 1 heteroatoms. The second kappa shape index (κ2) is 15.8. The summed E-state index contributed by atoms with van der Waals surface area (Å²) in [4.78, 5) is 0. The molecule has 0 saturated heterocycles. The molecular formula is C29H45Hf-7. The third-order valence-corrected chi connectivity index (χ3v) is 5.93. The van der Waals surface area contributed by atoms with Gasteiger partial charge in [0.1, 0.15) is 0 Å². The van der Waals surface area contributed by atoms with Crippen LogP contribution in [0.4, 0.5) is 0 Å². The van der Waals surface area contributed by atoms with E-state index in [-0.39, 0.29) is 63.0 Å². The smallest absolute Gasteiger partial charge is 0 e. The van der Waals surface area contributed by atoms with Crippen molar-refractivity contribution in [1.82, 2.24) is 0 Å².